The first-order valence-electron chi connectivity index (χ1n) is 10.4. The van der Waals surface area contributed by atoms with E-state index in [0.29, 0.717) is 27.9 Å². The fraction of sp³-hybridized carbons (Fsp3) is 0.0769. The Kier molecular flexibility index (Phi) is 6.08. The fourth-order valence-electron chi connectivity index (χ4n) is 3.83. The van der Waals surface area contributed by atoms with Crippen LogP contribution >= 0.6 is 0 Å². The highest BCUT2D eigenvalue weighted by Gasteiger charge is 2.20. The van der Waals surface area contributed by atoms with Crippen LogP contribution in [-0.2, 0) is 14.8 Å². The molecular weight excluding hydrogens is 452 g/mol. The molecule has 0 heterocycles. The second kappa shape index (κ2) is 8.99. The zero-order chi connectivity index (χ0) is 24.5. The minimum atomic E-state index is -3.97. The van der Waals surface area contributed by atoms with Crippen molar-refractivity contribution in [3.8, 4) is 11.1 Å². The first-order chi connectivity index (χ1) is 16.2. The number of carboxylic acid groups (broad SMARTS) is 1. The molecule has 0 unspecified atom stereocenters. The lowest BCUT2D eigenvalue weighted by Gasteiger charge is -2.16. The zero-order valence-corrected chi connectivity index (χ0v) is 19.3. The number of carbonyl (C=O) groups excluding carboxylic acids is 1. The summed E-state index contributed by atoms with van der Waals surface area (Å²) in [4.78, 5) is 22.9. The number of hydrogen-bond acceptors (Lipinski definition) is 4. The number of aryl methyl sites for hydroxylation is 1. The minimum Gasteiger partial charge on any atom is -0.478 e. The normalized spacial score (nSPS) is 11.2. The van der Waals surface area contributed by atoms with E-state index in [2.05, 4.69) is 10.0 Å². The fourth-order valence-corrected chi connectivity index (χ4v) is 5.18. The highest BCUT2D eigenvalue weighted by molar-refractivity contribution is 7.92. The molecule has 0 aromatic heterocycles. The molecule has 1 amide bonds. The molecule has 3 N–H and O–H groups in total. The Morgan fingerprint density at radius 2 is 1.59 bits per heavy atom. The largest absolute Gasteiger partial charge is 0.478 e. The van der Waals surface area contributed by atoms with Crippen molar-refractivity contribution in [2.75, 3.05) is 10.0 Å². The van der Waals surface area contributed by atoms with E-state index >= 15 is 0 Å². The molecule has 0 saturated heterocycles. The second-order valence-electron chi connectivity index (χ2n) is 7.86. The van der Waals surface area contributed by atoms with Crippen molar-refractivity contribution in [1.82, 2.24) is 0 Å². The number of carbonyl (C=O) groups is 2. The molecule has 0 saturated carbocycles. The van der Waals surface area contributed by atoms with Crippen molar-refractivity contribution in [3.05, 3.63) is 90.0 Å². The van der Waals surface area contributed by atoms with E-state index in [1.165, 1.54) is 19.1 Å². The predicted octanol–water partition coefficient (Wildman–Crippen LogP) is 5.27. The van der Waals surface area contributed by atoms with Crippen LogP contribution in [0.2, 0.25) is 0 Å². The van der Waals surface area contributed by atoms with E-state index in [0.717, 1.165) is 10.9 Å². The van der Waals surface area contributed by atoms with Gasteiger partial charge in [-0.25, -0.2) is 13.2 Å². The number of sulfonamides is 1. The summed E-state index contributed by atoms with van der Waals surface area (Å²) in [7, 11) is -3.97. The van der Waals surface area contributed by atoms with Crippen molar-refractivity contribution in [1.29, 1.82) is 0 Å². The molecule has 4 aromatic carbocycles. The number of anilines is 2. The topological polar surface area (TPSA) is 113 Å². The number of aromatic carboxylic acids is 1. The molecule has 34 heavy (non-hydrogen) atoms. The van der Waals surface area contributed by atoms with Crippen molar-refractivity contribution in [3.63, 3.8) is 0 Å². The van der Waals surface area contributed by atoms with Gasteiger partial charge in [0.2, 0.25) is 5.91 Å². The number of hydrogen-bond donors (Lipinski definition) is 3. The summed E-state index contributed by atoms with van der Waals surface area (Å²) in [5, 5.41) is 13.4. The lowest BCUT2D eigenvalue weighted by Crippen LogP contribution is -2.15. The predicted molar refractivity (Wildman–Crippen MR) is 133 cm³/mol. The first-order valence-corrected chi connectivity index (χ1v) is 11.9. The Labute approximate surface area is 197 Å². The highest BCUT2D eigenvalue weighted by atomic mass is 32.2. The van der Waals surface area contributed by atoms with Crippen LogP contribution in [0.1, 0.15) is 22.8 Å². The van der Waals surface area contributed by atoms with Crippen LogP contribution in [0.5, 0.6) is 0 Å². The maximum Gasteiger partial charge on any atom is 0.335 e. The second-order valence-corrected chi connectivity index (χ2v) is 9.51. The van der Waals surface area contributed by atoms with Crippen LogP contribution in [0.25, 0.3) is 21.9 Å². The molecule has 7 nitrogen and oxygen atoms in total. The van der Waals surface area contributed by atoms with Gasteiger partial charge in [0.15, 0.2) is 0 Å². The van der Waals surface area contributed by atoms with E-state index in [1.807, 2.05) is 18.2 Å². The summed E-state index contributed by atoms with van der Waals surface area (Å²) in [6, 6.07) is 22.0. The highest BCUT2D eigenvalue weighted by Crippen LogP contribution is 2.35. The van der Waals surface area contributed by atoms with Crippen molar-refractivity contribution < 1.29 is 23.1 Å². The van der Waals surface area contributed by atoms with Gasteiger partial charge in [0.05, 0.1) is 16.1 Å². The zero-order valence-electron chi connectivity index (χ0n) is 18.5. The van der Waals surface area contributed by atoms with Gasteiger partial charge >= 0.3 is 5.97 Å². The third-order valence-corrected chi connectivity index (χ3v) is 6.89. The molecule has 0 aliphatic carbocycles. The molecule has 0 spiro atoms. The number of rotatable bonds is 6. The summed E-state index contributed by atoms with van der Waals surface area (Å²) in [5.41, 5.74) is 2.97. The maximum absolute atomic E-state index is 13.3. The lowest BCUT2D eigenvalue weighted by atomic mass is 9.96. The Morgan fingerprint density at radius 1 is 0.853 bits per heavy atom. The van der Waals surface area contributed by atoms with E-state index in [-0.39, 0.29) is 16.4 Å². The Hall–Kier alpha value is -4.17. The summed E-state index contributed by atoms with van der Waals surface area (Å²) >= 11 is 0. The van der Waals surface area contributed by atoms with E-state index in [1.54, 1.807) is 55.5 Å². The van der Waals surface area contributed by atoms with Gasteiger partial charge in [0, 0.05) is 18.0 Å². The van der Waals surface area contributed by atoms with Gasteiger partial charge in [-0.05, 0) is 59.3 Å². The smallest absolute Gasteiger partial charge is 0.335 e. The summed E-state index contributed by atoms with van der Waals surface area (Å²) in [6.45, 7) is 3.04. The first kappa shape index (κ1) is 23.0. The Balaban J connectivity index is 1.79. The SMILES string of the molecule is CC(=O)Nc1ccc(C)c(S(=O)(=O)Nc2ccc(-c3cccc(C(=O)O)c3)c3ccccc23)c1. The number of carboxylic acids is 1. The lowest BCUT2D eigenvalue weighted by molar-refractivity contribution is -0.114. The molecular formula is C26H22N2O5S. The number of fused-ring (bicyclic) bond motifs is 1. The monoisotopic (exact) mass is 474 g/mol. The van der Waals surface area contributed by atoms with E-state index in [9.17, 15) is 23.1 Å². The molecule has 4 rings (SSSR count). The van der Waals surface area contributed by atoms with Crippen molar-refractivity contribution >= 4 is 44.0 Å². The van der Waals surface area contributed by atoms with Gasteiger partial charge in [-0.2, -0.15) is 0 Å². The molecule has 0 bridgehead atoms. The van der Waals surface area contributed by atoms with Crippen molar-refractivity contribution in [2.45, 2.75) is 18.7 Å². The summed E-state index contributed by atoms with van der Waals surface area (Å²) in [6.07, 6.45) is 0. The Bertz CT molecular complexity index is 1540. The number of nitrogens with one attached hydrogen (secondary N) is 2. The van der Waals surface area contributed by atoms with Crippen LogP contribution in [0.3, 0.4) is 0 Å². The van der Waals surface area contributed by atoms with Crippen LogP contribution in [-0.4, -0.2) is 25.4 Å². The summed E-state index contributed by atoms with van der Waals surface area (Å²) in [5.74, 6) is -1.32. The third-order valence-electron chi connectivity index (χ3n) is 5.39. The van der Waals surface area contributed by atoms with E-state index in [4.69, 9.17) is 0 Å². The molecule has 0 aliphatic heterocycles. The van der Waals surface area contributed by atoms with E-state index < -0.39 is 16.0 Å². The molecule has 172 valence electrons. The van der Waals surface area contributed by atoms with Crippen LogP contribution in [0.4, 0.5) is 11.4 Å². The summed E-state index contributed by atoms with van der Waals surface area (Å²) < 4.78 is 29.3. The van der Waals surface area contributed by atoms with Gasteiger partial charge < -0.3 is 10.4 Å². The Morgan fingerprint density at radius 3 is 2.29 bits per heavy atom. The molecule has 0 radical (unpaired) electrons. The van der Waals surface area contributed by atoms with Gasteiger partial charge in [-0.3, -0.25) is 9.52 Å². The van der Waals surface area contributed by atoms with Crippen LogP contribution in [0, 0.1) is 6.92 Å². The van der Waals surface area contributed by atoms with Crippen molar-refractivity contribution in [2.24, 2.45) is 0 Å². The molecule has 0 fully saturated rings. The molecule has 0 atom stereocenters. The average molecular weight is 475 g/mol. The quantitative estimate of drug-likeness (QED) is 0.352. The number of amides is 1. The number of benzene rings is 4. The van der Waals surface area contributed by atoms with Gasteiger partial charge in [0.1, 0.15) is 0 Å². The van der Waals surface area contributed by atoms with Gasteiger partial charge in [-0.15, -0.1) is 0 Å². The van der Waals surface area contributed by atoms with Crippen LogP contribution in [0.15, 0.2) is 83.8 Å². The van der Waals surface area contributed by atoms with Crippen LogP contribution < -0.4 is 10.0 Å². The van der Waals surface area contributed by atoms with Gasteiger partial charge in [0.25, 0.3) is 10.0 Å². The molecule has 0 aliphatic rings. The standard InChI is InChI=1S/C26H22N2O5S/c1-16-10-11-20(27-17(2)29)15-25(16)34(32,33)28-24-13-12-21(22-8-3-4-9-23(22)24)18-6-5-7-19(14-18)26(30)31/h3-15,28H,1-2H3,(H,27,29)(H,30,31). The third kappa shape index (κ3) is 4.62. The molecule has 4 aromatic rings. The average Bonchev–Trinajstić information content (AvgIpc) is 2.80. The minimum absolute atomic E-state index is 0.0565. The maximum atomic E-state index is 13.3. The van der Waals surface area contributed by atoms with Gasteiger partial charge in [-0.1, -0.05) is 48.5 Å². The molecule has 8 heteroatoms.